The zero-order valence-corrected chi connectivity index (χ0v) is 11.4. The van der Waals surface area contributed by atoms with Crippen molar-refractivity contribution in [1.82, 2.24) is 14.5 Å². The van der Waals surface area contributed by atoms with E-state index >= 15 is 0 Å². The third-order valence-corrected chi connectivity index (χ3v) is 3.83. The van der Waals surface area contributed by atoms with Crippen molar-refractivity contribution >= 4 is 17.5 Å². The first kappa shape index (κ1) is 12.2. The average molecular weight is 276 g/mol. The Morgan fingerprint density at radius 1 is 1.37 bits per heavy atom. The van der Waals surface area contributed by atoms with Crippen LogP contribution in [0.5, 0.6) is 0 Å². The number of nitrogens with zero attached hydrogens (tertiary/aromatic N) is 3. The molecule has 19 heavy (non-hydrogen) atoms. The Balaban J connectivity index is 1.87. The summed E-state index contributed by atoms with van der Waals surface area (Å²) in [5.74, 6) is -0.0162. The number of hydrogen-bond acceptors (Lipinski definition) is 2. The Bertz CT molecular complexity index is 635. The van der Waals surface area contributed by atoms with Crippen LogP contribution >= 0.6 is 11.6 Å². The van der Waals surface area contributed by atoms with Crippen LogP contribution in [0.2, 0.25) is 5.02 Å². The molecule has 98 valence electrons. The molecule has 2 heterocycles. The zero-order chi connectivity index (χ0) is 13.4. The number of imidazole rings is 1. The van der Waals surface area contributed by atoms with Gasteiger partial charge in [-0.2, -0.15) is 0 Å². The average Bonchev–Trinajstić information content (AvgIpc) is 2.80. The summed E-state index contributed by atoms with van der Waals surface area (Å²) in [6, 6.07) is 7.17. The van der Waals surface area contributed by atoms with Crippen LogP contribution in [0.25, 0.3) is 0 Å². The summed E-state index contributed by atoms with van der Waals surface area (Å²) in [4.78, 5) is 18.6. The van der Waals surface area contributed by atoms with Gasteiger partial charge < -0.3 is 9.47 Å². The predicted molar refractivity (Wildman–Crippen MR) is 73.1 cm³/mol. The molecule has 0 aliphatic carbocycles. The molecule has 0 bridgehead atoms. The van der Waals surface area contributed by atoms with Gasteiger partial charge in [0.05, 0.1) is 34.8 Å². The number of aryl methyl sites for hydroxylation is 1. The van der Waals surface area contributed by atoms with Gasteiger partial charge in [0.15, 0.2) is 0 Å². The number of carbonyl (C=O) groups excluding carboxylic acids is 1. The van der Waals surface area contributed by atoms with E-state index < -0.39 is 0 Å². The lowest BCUT2D eigenvalue weighted by atomic mass is 10.1. The third-order valence-electron chi connectivity index (χ3n) is 3.50. The first-order valence-corrected chi connectivity index (χ1v) is 6.57. The molecule has 0 unspecified atom stereocenters. The van der Waals surface area contributed by atoms with Crippen molar-refractivity contribution in [3.8, 4) is 0 Å². The summed E-state index contributed by atoms with van der Waals surface area (Å²) < 4.78 is 1.97. The van der Waals surface area contributed by atoms with Gasteiger partial charge in [-0.15, -0.1) is 0 Å². The van der Waals surface area contributed by atoms with E-state index in [1.165, 1.54) is 0 Å². The number of halogens is 1. The topological polar surface area (TPSA) is 38.1 Å². The maximum Gasteiger partial charge on any atom is 0.255 e. The molecule has 0 fully saturated rings. The summed E-state index contributed by atoms with van der Waals surface area (Å²) in [6.07, 6.45) is 2.60. The van der Waals surface area contributed by atoms with E-state index in [0.29, 0.717) is 23.7 Å². The standard InChI is InChI=1S/C14H14ClN3O/c1-17-9-16-12-6-7-18(8-13(12)17)14(19)10-4-2-3-5-11(10)15/h2-5,9H,6-8H2,1H3. The summed E-state index contributed by atoms with van der Waals surface area (Å²) in [7, 11) is 1.95. The molecule has 1 aromatic carbocycles. The molecule has 2 aromatic rings. The number of rotatable bonds is 1. The van der Waals surface area contributed by atoms with Crippen LogP contribution in [-0.2, 0) is 20.0 Å². The minimum absolute atomic E-state index is 0.0162. The number of aromatic nitrogens is 2. The Hall–Kier alpha value is -1.81. The summed E-state index contributed by atoms with van der Waals surface area (Å²) in [6.45, 7) is 1.28. The molecule has 0 N–H and O–H groups in total. The minimum atomic E-state index is -0.0162. The lowest BCUT2D eigenvalue weighted by Crippen LogP contribution is -2.36. The third kappa shape index (κ3) is 2.12. The van der Waals surface area contributed by atoms with E-state index in [-0.39, 0.29) is 5.91 Å². The molecule has 3 rings (SSSR count). The van der Waals surface area contributed by atoms with Gasteiger partial charge in [-0.05, 0) is 12.1 Å². The minimum Gasteiger partial charge on any atom is -0.336 e. The van der Waals surface area contributed by atoms with E-state index in [1.54, 1.807) is 18.5 Å². The molecule has 0 radical (unpaired) electrons. The normalized spacial score (nSPS) is 14.3. The fourth-order valence-corrected chi connectivity index (χ4v) is 2.61. The second-order valence-electron chi connectivity index (χ2n) is 4.71. The van der Waals surface area contributed by atoms with Crippen LogP contribution in [0.3, 0.4) is 0 Å². The molecule has 1 aliphatic heterocycles. The number of carbonyl (C=O) groups is 1. The smallest absolute Gasteiger partial charge is 0.255 e. The van der Waals surface area contributed by atoms with E-state index in [9.17, 15) is 4.79 Å². The first-order chi connectivity index (χ1) is 9.16. The van der Waals surface area contributed by atoms with Crippen molar-refractivity contribution in [2.45, 2.75) is 13.0 Å². The van der Waals surface area contributed by atoms with Crippen LogP contribution in [0.4, 0.5) is 0 Å². The van der Waals surface area contributed by atoms with Crippen molar-refractivity contribution in [3.05, 3.63) is 52.6 Å². The van der Waals surface area contributed by atoms with Gasteiger partial charge in [-0.25, -0.2) is 4.98 Å². The highest BCUT2D eigenvalue weighted by molar-refractivity contribution is 6.33. The molecular weight excluding hydrogens is 262 g/mol. The fraction of sp³-hybridized carbons (Fsp3) is 0.286. The van der Waals surface area contributed by atoms with Crippen molar-refractivity contribution in [2.24, 2.45) is 7.05 Å². The molecule has 1 amide bonds. The largest absolute Gasteiger partial charge is 0.336 e. The SMILES string of the molecule is Cn1cnc2c1CN(C(=O)c1ccccc1Cl)CC2. The lowest BCUT2D eigenvalue weighted by molar-refractivity contribution is 0.0730. The molecule has 1 aromatic heterocycles. The van der Waals surface area contributed by atoms with Crippen LogP contribution in [-0.4, -0.2) is 26.9 Å². The number of amides is 1. The Morgan fingerprint density at radius 3 is 2.95 bits per heavy atom. The predicted octanol–water partition coefficient (Wildman–Crippen LogP) is 2.27. The fourth-order valence-electron chi connectivity index (χ4n) is 2.39. The molecule has 0 atom stereocenters. The van der Waals surface area contributed by atoms with Gasteiger partial charge in [0.1, 0.15) is 0 Å². The molecule has 0 spiro atoms. The summed E-state index contributed by atoms with van der Waals surface area (Å²) in [5.41, 5.74) is 2.76. The number of hydrogen-bond donors (Lipinski definition) is 0. The zero-order valence-electron chi connectivity index (χ0n) is 10.6. The van der Waals surface area contributed by atoms with Crippen LogP contribution in [0.1, 0.15) is 21.7 Å². The highest BCUT2D eigenvalue weighted by Crippen LogP contribution is 2.22. The second-order valence-corrected chi connectivity index (χ2v) is 5.11. The van der Waals surface area contributed by atoms with E-state index in [0.717, 1.165) is 17.8 Å². The lowest BCUT2D eigenvalue weighted by Gasteiger charge is -2.27. The maximum atomic E-state index is 12.5. The Kier molecular flexibility index (Phi) is 3.03. The Labute approximate surface area is 116 Å². The molecule has 0 saturated carbocycles. The monoisotopic (exact) mass is 275 g/mol. The summed E-state index contributed by atoms with van der Waals surface area (Å²) >= 11 is 6.08. The van der Waals surface area contributed by atoms with Crippen LogP contribution in [0, 0.1) is 0 Å². The summed E-state index contributed by atoms with van der Waals surface area (Å²) in [5, 5.41) is 0.503. The van der Waals surface area contributed by atoms with Crippen molar-refractivity contribution in [1.29, 1.82) is 0 Å². The number of fused-ring (bicyclic) bond motifs is 1. The second kappa shape index (κ2) is 4.70. The highest BCUT2D eigenvalue weighted by Gasteiger charge is 2.25. The maximum absolute atomic E-state index is 12.5. The van der Waals surface area contributed by atoms with Gasteiger partial charge in [-0.3, -0.25) is 4.79 Å². The van der Waals surface area contributed by atoms with E-state index in [1.807, 2.05) is 28.6 Å². The van der Waals surface area contributed by atoms with E-state index in [2.05, 4.69) is 4.98 Å². The highest BCUT2D eigenvalue weighted by atomic mass is 35.5. The van der Waals surface area contributed by atoms with Crippen LogP contribution in [0.15, 0.2) is 30.6 Å². The van der Waals surface area contributed by atoms with Gasteiger partial charge in [0.25, 0.3) is 5.91 Å². The quantitative estimate of drug-likeness (QED) is 0.801. The van der Waals surface area contributed by atoms with Gasteiger partial charge in [0, 0.05) is 20.0 Å². The van der Waals surface area contributed by atoms with Crippen molar-refractivity contribution < 1.29 is 4.79 Å². The van der Waals surface area contributed by atoms with Gasteiger partial charge >= 0.3 is 0 Å². The van der Waals surface area contributed by atoms with Gasteiger partial charge in [-0.1, -0.05) is 23.7 Å². The van der Waals surface area contributed by atoms with Crippen molar-refractivity contribution in [3.63, 3.8) is 0 Å². The molecular formula is C14H14ClN3O. The van der Waals surface area contributed by atoms with Gasteiger partial charge in [0.2, 0.25) is 0 Å². The Morgan fingerprint density at radius 2 is 2.16 bits per heavy atom. The molecule has 0 saturated heterocycles. The van der Waals surface area contributed by atoms with Crippen molar-refractivity contribution in [2.75, 3.05) is 6.54 Å². The molecule has 4 nitrogen and oxygen atoms in total. The molecule has 1 aliphatic rings. The number of benzene rings is 1. The van der Waals surface area contributed by atoms with E-state index in [4.69, 9.17) is 11.6 Å². The van der Waals surface area contributed by atoms with Crippen LogP contribution < -0.4 is 0 Å². The first-order valence-electron chi connectivity index (χ1n) is 6.19. The molecule has 5 heteroatoms.